The van der Waals surface area contributed by atoms with Crippen molar-refractivity contribution < 1.29 is 9.68 Å². The van der Waals surface area contributed by atoms with Gasteiger partial charge in [0, 0.05) is 6.42 Å². The van der Waals surface area contributed by atoms with Crippen molar-refractivity contribution in [1.82, 2.24) is 0 Å². The van der Waals surface area contributed by atoms with Crippen molar-refractivity contribution in [3.8, 4) is 0 Å². The fourth-order valence-corrected chi connectivity index (χ4v) is 3.33. The predicted octanol–water partition coefficient (Wildman–Crippen LogP) is 2.84. The molecule has 0 amide bonds. The molecule has 1 aliphatic heterocycles. The van der Waals surface area contributed by atoms with E-state index in [-0.39, 0.29) is 0 Å². The molecule has 2 aliphatic rings. The van der Waals surface area contributed by atoms with E-state index in [2.05, 4.69) is 29.7 Å². The highest BCUT2D eigenvalue weighted by Gasteiger charge is 2.36. The first-order valence-electron chi connectivity index (χ1n) is 5.27. The molecule has 0 aromatic rings. The van der Waals surface area contributed by atoms with Gasteiger partial charge in [0.15, 0.2) is 6.04 Å². The Morgan fingerprint density at radius 1 is 1.73 bits per heavy atom. The normalized spacial score (nSPS) is 25.6. The summed E-state index contributed by atoms with van der Waals surface area (Å²) < 4.78 is 2.35. The largest absolute Gasteiger partial charge is 0.512 e. The number of thioether (sulfide) groups is 1. The Morgan fingerprint density at radius 3 is 3.20 bits per heavy atom. The minimum atomic E-state index is 0.378. The minimum absolute atomic E-state index is 0.378. The minimum Gasteiger partial charge on any atom is -0.512 e. The van der Waals surface area contributed by atoms with Crippen molar-refractivity contribution >= 4 is 16.8 Å². The van der Waals surface area contributed by atoms with Gasteiger partial charge in [0.05, 0.1) is 16.7 Å². The second-order valence-electron chi connectivity index (χ2n) is 3.76. The van der Waals surface area contributed by atoms with Gasteiger partial charge in [-0.25, -0.2) is 4.58 Å². The molecule has 0 spiro atoms. The molecule has 1 atom stereocenters. The molecule has 2 rings (SSSR count). The van der Waals surface area contributed by atoms with Crippen LogP contribution in [0.5, 0.6) is 0 Å². The van der Waals surface area contributed by atoms with Crippen LogP contribution in [0.4, 0.5) is 0 Å². The molecule has 3 heteroatoms. The summed E-state index contributed by atoms with van der Waals surface area (Å²) in [6, 6.07) is 0.496. The maximum absolute atomic E-state index is 9.32. The highest BCUT2D eigenvalue weighted by Crippen LogP contribution is 2.35. The Bertz CT molecular complexity index is 386. The average molecular weight is 222 g/mol. The Labute approximate surface area is 94.7 Å². The Morgan fingerprint density at radius 2 is 2.53 bits per heavy atom. The van der Waals surface area contributed by atoms with Crippen molar-refractivity contribution in [2.45, 2.75) is 26.3 Å². The van der Waals surface area contributed by atoms with E-state index < -0.39 is 0 Å². The number of aliphatic hydroxyl groups excluding tert-OH is 1. The number of likely N-dealkylation sites (N-methyl/N-ethyl adjacent to an activating group) is 1. The first-order valence-corrected chi connectivity index (χ1v) is 6.09. The molecule has 0 fully saturated rings. The van der Waals surface area contributed by atoms with Crippen LogP contribution in [0.25, 0.3) is 0 Å². The summed E-state index contributed by atoms with van der Waals surface area (Å²) in [4.78, 5) is 1.40. The standard InChI is InChI=1S/C12H15NOS/c1-3-13-10-6-4-5-7-11(10)15-12(13)8-9(2)14/h4-5,7-8,10H,3,6H2,1-2H3/p+1. The van der Waals surface area contributed by atoms with Crippen LogP contribution in [0.3, 0.4) is 0 Å². The molecule has 1 N–H and O–H groups in total. The molecule has 2 nitrogen and oxygen atoms in total. The molecule has 0 aromatic carbocycles. The molecule has 0 saturated carbocycles. The van der Waals surface area contributed by atoms with Gasteiger partial charge in [-0.1, -0.05) is 12.2 Å². The number of nitrogens with zero attached hydrogens (tertiary/aromatic N) is 1. The van der Waals surface area contributed by atoms with Gasteiger partial charge < -0.3 is 5.11 Å². The second-order valence-corrected chi connectivity index (χ2v) is 4.85. The molecule has 0 aromatic heterocycles. The van der Waals surface area contributed by atoms with E-state index in [4.69, 9.17) is 0 Å². The maximum Gasteiger partial charge on any atom is 0.243 e. The van der Waals surface area contributed by atoms with Gasteiger partial charge in [-0.2, -0.15) is 0 Å². The average Bonchev–Trinajstić information content (AvgIpc) is 2.53. The molecule has 1 heterocycles. The quantitative estimate of drug-likeness (QED) is 0.573. The van der Waals surface area contributed by atoms with E-state index in [9.17, 15) is 5.11 Å². The van der Waals surface area contributed by atoms with Crippen molar-refractivity contribution in [3.05, 3.63) is 35.0 Å². The summed E-state index contributed by atoms with van der Waals surface area (Å²) >= 11 is 1.77. The summed E-state index contributed by atoms with van der Waals surface area (Å²) in [5, 5.41) is 10.5. The molecule has 0 saturated heterocycles. The highest BCUT2D eigenvalue weighted by molar-refractivity contribution is 8.17. The van der Waals surface area contributed by atoms with Crippen molar-refractivity contribution in [2.24, 2.45) is 0 Å². The lowest BCUT2D eigenvalue weighted by Crippen LogP contribution is -2.25. The Balaban J connectivity index is 2.33. The van der Waals surface area contributed by atoms with Crippen LogP contribution in [0.2, 0.25) is 0 Å². The van der Waals surface area contributed by atoms with Crippen LogP contribution in [0, 0.1) is 0 Å². The van der Waals surface area contributed by atoms with E-state index in [0.717, 1.165) is 18.0 Å². The number of aliphatic hydroxyl groups is 1. The lowest BCUT2D eigenvalue weighted by Gasteiger charge is -2.10. The third kappa shape index (κ3) is 2.02. The summed E-state index contributed by atoms with van der Waals surface area (Å²) in [6.45, 7) is 4.86. The molecular formula is C12H16NOS+. The van der Waals surface area contributed by atoms with E-state index in [1.807, 2.05) is 6.08 Å². The van der Waals surface area contributed by atoms with Crippen molar-refractivity contribution in [3.63, 3.8) is 0 Å². The lowest BCUT2D eigenvalue weighted by atomic mass is 10.1. The number of rotatable bonds is 2. The van der Waals surface area contributed by atoms with Crippen LogP contribution < -0.4 is 0 Å². The molecule has 1 unspecified atom stereocenters. The summed E-state index contributed by atoms with van der Waals surface area (Å²) in [6.07, 6.45) is 9.43. The van der Waals surface area contributed by atoms with Gasteiger partial charge in [0.2, 0.25) is 5.04 Å². The zero-order chi connectivity index (χ0) is 10.8. The molecule has 0 bridgehead atoms. The van der Waals surface area contributed by atoms with Crippen LogP contribution >= 0.6 is 11.8 Å². The van der Waals surface area contributed by atoms with Gasteiger partial charge in [-0.3, -0.25) is 0 Å². The van der Waals surface area contributed by atoms with Crippen LogP contribution in [-0.4, -0.2) is 27.3 Å². The number of hydrogen-bond acceptors (Lipinski definition) is 2. The molecule has 80 valence electrons. The summed E-state index contributed by atoms with van der Waals surface area (Å²) in [7, 11) is 0. The fourth-order valence-electron chi connectivity index (χ4n) is 1.98. The number of allylic oxidation sites excluding steroid dienone is 3. The fraction of sp³-hybridized carbons (Fsp3) is 0.417. The smallest absolute Gasteiger partial charge is 0.243 e. The monoisotopic (exact) mass is 222 g/mol. The van der Waals surface area contributed by atoms with E-state index in [1.165, 1.54) is 4.91 Å². The SMILES string of the molecule is CC[N+]1=C(/C=C(/C)O)SC2=CC=CCC21. The topological polar surface area (TPSA) is 23.2 Å². The van der Waals surface area contributed by atoms with Gasteiger partial charge in [0.1, 0.15) is 6.54 Å². The predicted molar refractivity (Wildman–Crippen MR) is 65.4 cm³/mol. The van der Waals surface area contributed by atoms with E-state index in [1.54, 1.807) is 18.7 Å². The first kappa shape index (κ1) is 10.6. The third-order valence-corrected chi connectivity index (χ3v) is 3.84. The van der Waals surface area contributed by atoms with Crippen LogP contribution in [0.15, 0.2) is 35.0 Å². The summed E-state index contributed by atoms with van der Waals surface area (Å²) in [5.41, 5.74) is 0. The summed E-state index contributed by atoms with van der Waals surface area (Å²) in [5.74, 6) is 0.378. The third-order valence-electron chi connectivity index (χ3n) is 2.64. The molecule has 1 aliphatic carbocycles. The maximum atomic E-state index is 9.32. The second kappa shape index (κ2) is 4.27. The Hall–Kier alpha value is -0.960. The lowest BCUT2D eigenvalue weighted by molar-refractivity contribution is -0.546. The van der Waals surface area contributed by atoms with Crippen LogP contribution in [0.1, 0.15) is 20.3 Å². The van der Waals surface area contributed by atoms with Crippen LogP contribution in [-0.2, 0) is 0 Å². The number of fused-ring (bicyclic) bond motifs is 1. The molecule has 0 radical (unpaired) electrons. The van der Waals surface area contributed by atoms with Gasteiger partial charge in [0.25, 0.3) is 0 Å². The van der Waals surface area contributed by atoms with Gasteiger partial charge in [-0.05, 0) is 31.7 Å². The van der Waals surface area contributed by atoms with Crippen molar-refractivity contribution in [2.75, 3.05) is 6.54 Å². The van der Waals surface area contributed by atoms with E-state index >= 15 is 0 Å². The zero-order valence-electron chi connectivity index (χ0n) is 9.10. The molecular weight excluding hydrogens is 206 g/mol. The Kier molecular flexibility index (Phi) is 3.00. The van der Waals surface area contributed by atoms with Gasteiger partial charge >= 0.3 is 0 Å². The number of hydrogen-bond donors (Lipinski definition) is 1. The van der Waals surface area contributed by atoms with Gasteiger partial charge in [-0.15, -0.1) is 0 Å². The highest BCUT2D eigenvalue weighted by atomic mass is 32.2. The zero-order valence-corrected chi connectivity index (χ0v) is 9.92. The molecule has 15 heavy (non-hydrogen) atoms. The van der Waals surface area contributed by atoms with Crippen molar-refractivity contribution in [1.29, 1.82) is 0 Å². The van der Waals surface area contributed by atoms with E-state index in [0.29, 0.717) is 11.8 Å². The first-order chi connectivity index (χ1) is 7.22.